The highest BCUT2D eigenvalue weighted by Crippen LogP contribution is 2.42. The molecule has 0 saturated carbocycles. The first kappa shape index (κ1) is 19.8. The second-order valence-electron chi connectivity index (χ2n) is 7.80. The molecule has 0 aliphatic heterocycles. The third-order valence-electron chi connectivity index (χ3n) is 5.68. The molecule has 1 amide bonds. The van der Waals surface area contributed by atoms with E-state index in [0.29, 0.717) is 5.56 Å². The lowest BCUT2D eigenvalue weighted by Gasteiger charge is -2.25. The summed E-state index contributed by atoms with van der Waals surface area (Å²) in [6, 6.07) is 21.9. The zero-order valence-corrected chi connectivity index (χ0v) is 17.6. The summed E-state index contributed by atoms with van der Waals surface area (Å²) >= 11 is 0. The van der Waals surface area contributed by atoms with Gasteiger partial charge in [0.15, 0.2) is 0 Å². The van der Waals surface area contributed by atoms with Crippen LogP contribution in [0.25, 0.3) is 11.1 Å². The van der Waals surface area contributed by atoms with Gasteiger partial charge in [-0.3, -0.25) is 4.79 Å². The fourth-order valence-electron chi connectivity index (χ4n) is 4.10. The van der Waals surface area contributed by atoms with Gasteiger partial charge in [0.25, 0.3) is 5.91 Å². The van der Waals surface area contributed by atoms with Crippen molar-refractivity contribution in [3.63, 3.8) is 0 Å². The molecule has 152 valence electrons. The second kappa shape index (κ2) is 8.07. The number of hydrogen-bond donors (Lipinski definition) is 2. The Morgan fingerprint density at radius 3 is 2.40 bits per heavy atom. The van der Waals surface area contributed by atoms with E-state index in [1.165, 1.54) is 11.1 Å². The fraction of sp³-hybridized carbons (Fsp3) is 0.192. The molecule has 0 spiro atoms. The van der Waals surface area contributed by atoms with Crippen molar-refractivity contribution in [3.8, 4) is 5.75 Å². The first-order valence-corrected chi connectivity index (χ1v) is 10.1. The van der Waals surface area contributed by atoms with E-state index in [4.69, 9.17) is 0 Å². The Hall–Kier alpha value is -3.53. The molecule has 0 saturated heterocycles. The average Bonchev–Trinajstić information content (AvgIpc) is 2.77. The van der Waals surface area contributed by atoms with Crippen molar-refractivity contribution >= 4 is 22.7 Å². The summed E-state index contributed by atoms with van der Waals surface area (Å²) in [7, 11) is 5.70. The van der Waals surface area contributed by atoms with Gasteiger partial charge >= 0.3 is 0 Å². The molecule has 2 N–H and O–H groups in total. The van der Waals surface area contributed by atoms with Crippen LogP contribution in [0.5, 0.6) is 5.75 Å². The smallest absolute Gasteiger partial charge is 0.251 e. The molecule has 30 heavy (non-hydrogen) atoms. The van der Waals surface area contributed by atoms with E-state index in [9.17, 15) is 9.90 Å². The van der Waals surface area contributed by atoms with Gasteiger partial charge in [-0.05, 0) is 82.6 Å². The molecule has 4 heteroatoms. The van der Waals surface area contributed by atoms with Gasteiger partial charge in [0.05, 0.1) is 0 Å². The summed E-state index contributed by atoms with van der Waals surface area (Å²) in [5.41, 5.74) is 8.51. The van der Waals surface area contributed by atoms with Gasteiger partial charge in [0.2, 0.25) is 0 Å². The molecule has 0 bridgehead atoms. The minimum Gasteiger partial charge on any atom is -0.508 e. The fourth-order valence-corrected chi connectivity index (χ4v) is 4.10. The van der Waals surface area contributed by atoms with Crippen molar-refractivity contribution < 1.29 is 9.90 Å². The molecule has 3 aromatic carbocycles. The zero-order chi connectivity index (χ0) is 21.3. The van der Waals surface area contributed by atoms with E-state index in [0.717, 1.165) is 40.8 Å². The molecule has 0 radical (unpaired) electrons. The number of carbonyl (C=O) groups excluding carboxylic acids is 1. The number of allylic oxidation sites excluding steroid dienone is 1. The highest BCUT2D eigenvalue weighted by molar-refractivity contribution is 6.02. The predicted molar refractivity (Wildman–Crippen MR) is 123 cm³/mol. The maximum Gasteiger partial charge on any atom is 0.251 e. The van der Waals surface area contributed by atoms with Crippen molar-refractivity contribution in [1.82, 2.24) is 5.32 Å². The summed E-state index contributed by atoms with van der Waals surface area (Å²) in [6.45, 7) is 0. The summed E-state index contributed by atoms with van der Waals surface area (Å²) in [6.07, 6.45) is 1.77. The van der Waals surface area contributed by atoms with Gasteiger partial charge in [-0.2, -0.15) is 0 Å². The van der Waals surface area contributed by atoms with Crippen LogP contribution >= 0.6 is 0 Å². The quantitative estimate of drug-likeness (QED) is 0.668. The second-order valence-corrected chi connectivity index (χ2v) is 7.80. The number of rotatable bonds is 4. The van der Waals surface area contributed by atoms with Gasteiger partial charge < -0.3 is 15.3 Å². The summed E-state index contributed by atoms with van der Waals surface area (Å²) in [4.78, 5) is 14.3. The molecule has 3 aromatic rings. The van der Waals surface area contributed by atoms with Crippen molar-refractivity contribution in [1.29, 1.82) is 0 Å². The third-order valence-corrected chi connectivity index (χ3v) is 5.68. The van der Waals surface area contributed by atoms with Crippen LogP contribution in [0, 0.1) is 0 Å². The number of amides is 1. The Balaban J connectivity index is 1.93. The molecule has 0 heterocycles. The van der Waals surface area contributed by atoms with E-state index in [-0.39, 0.29) is 11.7 Å². The van der Waals surface area contributed by atoms with Crippen LogP contribution in [-0.4, -0.2) is 32.2 Å². The average molecular weight is 399 g/mol. The lowest BCUT2D eigenvalue weighted by molar-refractivity contribution is 0.0963. The first-order valence-electron chi connectivity index (χ1n) is 10.1. The van der Waals surface area contributed by atoms with Gasteiger partial charge in [-0.15, -0.1) is 0 Å². The van der Waals surface area contributed by atoms with Crippen molar-refractivity contribution in [3.05, 3.63) is 94.5 Å². The molecular weight excluding hydrogens is 372 g/mol. The number of nitrogens with one attached hydrogen (secondary N) is 1. The predicted octanol–water partition coefficient (Wildman–Crippen LogP) is 4.72. The Morgan fingerprint density at radius 2 is 1.70 bits per heavy atom. The normalized spacial score (nSPS) is 13.0. The summed E-state index contributed by atoms with van der Waals surface area (Å²) in [5.74, 6) is 0.166. The molecule has 0 aromatic heterocycles. The summed E-state index contributed by atoms with van der Waals surface area (Å²) < 4.78 is 0. The monoisotopic (exact) mass is 398 g/mol. The maximum absolute atomic E-state index is 12.2. The number of nitrogens with zero attached hydrogens (tertiary/aromatic N) is 1. The number of benzene rings is 3. The van der Waals surface area contributed by atoms with Crippen molar-refractivity contribution in [2.24, 2.45) is 0 Å². The summed E-state index contributed by atoms with van der Waals surface area (Å²) in [5, 5.41) is 12.9. The topological polar surface area (TPSA) is 52.6 Å². The number of phenols is 1. The molecular formula is C26H26N2O2. The molecule has 0 atom stereocenters. The largest absolute Gasteiger partial charge is 0.508 e. The number of hydrogen-bond acceptors (Lipinski definition) is 3. The Labute approximate surface area is 177 Å². The van der Waals surface area contributed by atoms with Gasteiger partial charge in [-0.25, -0.2) is 0 Å². The van der Waals surface area contributed by atoms with Crippen LogP contribution in [0.1, 0.15) is 39.0 Å². The highest BCUT2D eigenvalue weighted by Gasteiger charge is 2.22. The third kappa shape index (κ3) is 3.69. The van der Waals surface area contributed by atoms with Crippen LogP contribution in [0.4, 0.5) is 5.69 Å². The number of phenolic OH excluding ortho intramolecular Hbond substituents is 1. The minimum atomic E-state index is -0.0943. The van der Waals surface area contributed by atoms with Crippen LogP contribution in [0.15, 0.2) is 66.7 Å². The SMILES string of the molecule is CNC(=O)c1cccc(C2=C(c3ccc(N(C)C)cc3)c3cc(O)ccc3CC2)c1. The maximum atomic E-state index is 12.2. The van der Waals surface area contributed by atoms with Crippen LogP contribution in [0.3, 0.4) is 0 Å². The van der Waals surface area contributed by atoms with Crippen molar-refractivity contribution in [2.45, 2.75) is 12.8 Å². The van der Waals surface area contributed by atoms with E-state index in [1.807, 2.05) is 44.4 Å². The molecule has 4 nitrogen and oxygen atoms in total. The Bertz CT molecular complexity index is 1130. The Morgan fingerprint density at radius 1 is 0.933 bits per heavy atom. The van der Waals surface area contributed by atoms with Gasteiger partial charge in [0.1, 0.15) is 5.75 Å². The van der Waals surface area contributed by atoms with Gasteiger partial charge in [-0.1, -0.05) is 30.3 Å². The minimum absolute atomic E-state index is 0.0943. The lowest BCUT2D eigenvalue weighted by Crippen LogP contribution is -2.17. The van der Waals surface area contributed by atoms with Crippen LogP contribution in [-0.2, 0) is 6.42 Å². The molecule has 0 unspecified atom stereocenters. The van der Waals surface area contributed by atoms with Crippen LogP contribution < -0.4 is 10.2 Å². The van der Waals surface area contributed by atoms with E-state index in [1.54, 1.807) is 13.1 Å². The van der Waals surface area contributed by atoms with Gasteiger partial charge in [0, 0.05) is 32.4 Å². The number of anilines is 1. The highest BCUT2D eigenvalue weighted by atomic mass is 16.3. The van der Waals surface area contributed by atoms with E-state index >= 15 is 0 Å². The zero-order valence-electron chi connectivity index (χ0n) is 17.6. The molecule has 0 fully saturated rings. The molecule has 1 aliphatic rings. The molecule has 1 aliphatic carbocycles. The van der Waals surface area contributed by atoms with Crippen LogP contribution in [0.2, 0.25) is 0 Å². The number of fused-ring (bicyclic) bond motifs is 1. The number of aromatic hydroxyl groups is 1. The van der Waals surface area contributed by atoms with E-state index < -0.39 is 0 Å². The lowest BCUT2D eigenvalue weighted by atomic mass is 9.79. The number of aryl methyl sites for hydroxylation is 1. The number of carbonyl (C=O) groups is 1. The first-order chi connectivity index (χ1) is 14.5. The van der Waals surface area contributed by atoms with Crippen molar-refractivity contribution in [2.75, 3.05) is 26.0 Å². The van der Waals surface area contributed by atoms with E-state index in [2.05, 4.69) is 40.5 Å². The molecule has 4 rings (SSSR count). The Kier molecular flexibility index (Phi) is 5.32. The standard InChI is InChI=1S/C26H26N2O2/c1-27-26(30)20-6-4-5-19(15-20)23-14-10-17-9-13-22(29)16-24(17)25(23)18-7-11-21(12-8-18)28(2)3/h4-9,11-13,15-16,29H,10,14H2,1-3H3,(H,27,30).